The summed E-state index contributed by atoms with van der Waals surface area (Å²) in [5.74, 6) is 0.386. The predicted octanol–water partition coefficient (Wildman–Crippen LogP) is 7.05. The lowest BCUT2D eigenvalue weighted by molar-refractivity contribution is -0.107. The van der Waals surface area contributed by atoms with Crippen molar-refractivity contribution in [1.29, 1.82) is 0 Å². The molecule has 1 N–H and O–H groups in total. The summed E-state index contributed by atoms with van der Waals surface area (Å²) in [5.41, 5.74) is 8.95. The fourth-order valence-electron chi connectivity index (χ4n) is 4.84. The molecule has 4 heteroatoms. The number of nitrogens with zero attached hydrogens (tertiary/aromatic N) is 1. The topological polar surface area (TPSA) is 51.1 Å². The number of aryl methyl sites for hydroxylation is 2. The first-order valence-corrected chi connectivity index (χ1v) is 12.8. The van der Waals surface area contributed by atoms with Crippen LogP contribution in [0.3, 0.4) is 0 Å². The van der Waals surface area contributed by atoms with Crippen LogP contribution in [0.15, 0.2) is 66.7 Å². The molecule has 0 aliphatic rings. The summed E-state index contributed by atoms with van der Waals surface area (Å²) in [6.07, 6.45) is 2.28. The molecule has 0 aliphatic heterocycles. The minimum absolute atomic E-state index is 0.0629. The molecule has 3 aromatic carbocycles. The Hall–Kier alpha value is -3.66. The van der Waals surface area contributed by atoms with E-state index in [9.17, 15) is 9.59 Å². The second-order valence-electron chi connectivity index (χ2n) is 10.1. The van der Waals surface area contributed by atoms with Gasteiger partial charge in [-0.1, -0.05) is 62.4 Å². The molecule has 4 nitrogen and oxygen atoms in total. The van der Waals surface area contributed by atoms with Crippen molar-refractivity contribution in [2.75, 3.05) is 0 Å². The van der Waals surface area contributed by atoms with Crippen LogP contribution >= 0.6 is 0 Å². The molecular weight excluding hydrogens is 444 g/mol. The Bertz CT molecular complexity index is 1400. The number of carbonyl (C=O) groups excluding carboxylic acids is 2. The SMILES string of the molecule is Cc1c(C)n(Cc2cccc(CCC=O)c2)c2ccc(C(=O)N[C@@H](C)c3cccc(C(C)C)c3)cc12. The molecule has 0 radical (unpaired) electrons. The molecule has 0 spiro atoms. The maximum absolute atomic E-state index is 13.2. The van der Waals surface area contributed by atoms with Gasteiger partial charge in [0.25, 0.3) is 5.91 Å². The average molecular weight is 481 g/mol. The van der Waals surface area contributed by atoms with Crippen LogP contribution in [0.1, 0.15) is 83.0 Å². The number of hydrogen-bond acceptors (Lipinski definition) is 2. The van der Waals surface area contributed by atoms with Crippen molar-refractivity contribution < 1.29 is 9.59 Å². The first-order valence-electron chi connectivity index (χ1n) is 12.8. The van der Waals surface area contributed by atoms with E-state index in [1.165, 1.54) is 27.9 Å². The van der Waals surface area contributed by atoms with Crippen LogP contribution in [0.25, 0.3) is 10.9 Å². The fraction of sp³-hybridized carbons (Fsp3) is 0.312. The Labute approximate surface area is 214 Å². The van der Waals surface area contributed by atoms with E-state index in [4.69, 9.17) is 0 Å². The third-order valence-corrected chi connectivity index (χ3v) is 7.21. The van der Waals surface area contributed by atoms with E-state index in [2.05, 4.69) is 92.2 Å². The lowest BCUT2D eigenvalue weighted by Crippen LogP contribution is -2.26. The number of aldehydes is 1. The molecule has 36 heavy (non-hydrogen) atoms. The molecule has 186 valence electrons. The Morgan fingerprint density at radius 1 is 0.917 bits per heavy atom. The van der Waals surface area contributed by atoms with E-state index >= 15 is 0 Å². The maximum atomic E-state index is 13.2. The molecule has 0 saturated carbocycles. The molecule has 0 unspecified atom stereocenters. The summed E-state index contributed by atoms with van der Waals surface area (Å²) in [5, 5.41) is 4.28. The zero-order valence-corrected chi connectivity index (χ0v) is 22.0. The van der Waals surface area contributed by atoms with Crippen LogP contribution < -0.4 is 5.32 Å². The van der Waals surface area contributed by atoms with Crippen molar-refractivity contribution in [2.45, 2.75) is 66.0 Å². The molecule has 1 amide bonds. The van der Waals surface area contributed by atoms with Gasteiger partial charge >= 0.3 is 0 Å². The van der Waals surface area contributed by atoms with Gasteiger partial charge in [-0.05, 0) is 79.1 Å². The van der Waals surface area contributed by atoms with Gasteiger partial charge in [-0.2, -0.15) is 0 Å². The van der Waals surface area contributed by atoms with Gasteiger partial charge < -0.3 is 14.7 Å². The number of amides is 1. The normalized spacial score (nSPS) is 12.2. The van der Waals surface area contributed by atoms with Crippen molar-refractivity contribution in [3.63, 3.8) is 0 Å². The highest BCUT2D eigenvalue weighted by molar-refractivity contribution is 5.99. The molecule has 0 fully saturated rings. The van der Waals surface area contributed by atoms with E-state index in [1.807, 2.05) is 19.1 Å². The molecule has 1 atom stereocenters. The number of fused-ring (bicyclic) bond motifs is 1. The van der Waals surface area contributed by atoms with Crippen LogP contribution in [-0.4, -0.2) is 16.8 Å². The monoisotopic (exact) mass is 480 g/mol. The predicted molar refractivity (Wildman–Crippen MR) is 148 cm³/mol. The molecule has 1 heterocycles. The van der Waals surface area contributed by atoms with Crippen molar-refractivity contribution >= 4 is 23.1 Å². The molecule has 0 bridgehead atoms. The van der Waals surface area contributed by atoms with Crippen molar-refractivity contribution in [2.24, 2.45) is 0 Å². The Kier molecular flexibility index (Phi) is 7.73. The Balaban J connectivity index is 1.57. The van der Waals surface area contributed by atoms with Crippen LogP contribution in [-0.2, 0) is 17.8 Å². The zero-order chi connectivity index (χ0) is 25.8. The zero-order valence-electron chi connectivity index (χ0n) is 22.0. The quantitative estimate of drug-likeness (QED) is 0.261. The Morgan fingerprint density at radius 3 is 2.39 bits per heavy atom. The smallest absolute Gasteiger partial charge is 0.251 e. The lowest BCUT2D eigenvalue weighted by Gasteiger charge is -2.16. The fourth-order valence-corrected chi connectivity index (χ4v) is 4.84. The van der Waals surface area contributed by atoms with Crippen LogP contribution in [0.4, 0.5) is 0 Å². The van der Waals surface area contributed by atoms with Gasteiger partial charge in [0.2, 0.25) is 0 Å². The number of carbonyl (C=O) groups is 2. The summed E-state index contributed by atoms with van der Waals surface area (Å²) in [6, 6.07) is 22.8. The summed E-state index contributed by atoms with van der Waals surface area (Å²) in [6.45, 7) is 11.4. The number of benzene rings is 3. The third kappa shape index (κ3) is 5.43. The van der Waals surface area contributed by atoms with Gasteiger partial charge in [0.15, 0.2) is 0 Å². The maximum Gasteiger partial charge on any atom is 0.251 e. The summed E-state index contributed by atoms with van der Waals surface area (Å²) in [4.78, 5) is 23.9. The summed E-state index contributed by atoms with van der Waals surface area (Å²) < 4.78 is 2.31. The molecule has 0 aliphatic carbocycles. The second-order valence-corrected chi connectivity index (χ2v) is 10.1. The summed E-state index contributed by atoms with van der Waals surface area (Å²) in [7, 11) is 0. The largest absolute Gasteiger partial charge is 0.346 e. The van der Waals surface area contributed by atoms with E-state index in [-0.39, 0.29) is 11.9 Å². The highest BCUT2D eigenvalue weighted by atomic mass is 16.1. The number of nitrogens with one attached hydrogen (secondary N) is 1. The molecule has 4 rings (SSSR count). The van der Waals surface area contributed by atoms with E-state index in [0.29, 0.717) is 17.9 Å². The molecule has 1 aromatic heterocycles. The van der Waals surface area contributed by atoms with Crippen molar-refractivity contribution in [3.05, 3.63) is 106 Å². The number of aromatic nitrogens is 1. The molecular formula is C32H36N2O2. The highest BCUT2D eigenvalue weighted by Gasteiger charge is 2.16. The molecule has 4 aromatic rings. The van der Waals surface area contributed by atoms with Crippen LogP contribution in [0, 0.1) is 13.8 Å². The van der Waals surface area contributed by atoms with Crippen LogP contribution in [0.5, 0.6) is 0 Å². The first-order chi connectivity index (χ1) is 17.3. The Morgan fingerprint density at radius 2 is 1.64 bits per heavy atom. The number of rotatable bonds is 9. The van der Waals surface area contributed by atoms with E-state index in [1.54, 1.807) is 0 Å². The van der Waals surface area contributed by atoms with Gasteiger partial charge in [0.1, 0.15) is 6.29 Å². The molecule has 0 saturated heterocycles. The van der Waals surface area contributed by atoms with Gasteiger partial charge in [-0.3, -0.25) is 4.79 Å². The first kappa shape index (κ1) is 25.4. The van der Waals surface area contributed by atoms with Crippen molar-refractivity contribution in [3.8, 4) is 0 Å². The van der Waals surface area contributed by atoms with Crippen LogP contribution in [0.2, 0.25) is 0 Å². The van der Waals surface area contributed by atoms with Crippen molar-refractivity contribution in [1.82, 2.24) is 9.88 Å². The third-order valence-electron chi connectivity index (χ3n) is 7.21. The van der Waals surface area contributed by atoms with Gasteiger partial charge in [0.05, 0.1) is 6.04 Å². The number of hydrogen-bond donors (Lipinski definition) is 1. The minimum atomic E-state index is -0.0779. The van der Waals surface area contributed by atoms with E-state index < -0.39 is 0 Å². The summed E-state index contributed by atoms with van der Waals surface area (Å²) >= 11 is 0. The van der Waals surface area contributed by atoms with E-state index in [0.717, 1.165) is 35.7 Å². The minimum Gasteiger partial charge on any atom is -0.346 e. The second kappa shape index (κ2) is 10.9. The van der Waals surface area contributed by atoms with Gasteiger partial charge in [0, 0.05) is 35.1 Å². The highest BCUT2D eigenvalue weighted by Crippen LogP contribution is 2.28. The lowest BCUT2D eigenvalue weighted by atomic mass is 9.98. The van der Waals surface area contributed by atoms with Gasteiger partial charge in [-0.15, -0.1) is 0 Å². The average Bonchev–Trinajstić information content (AvgIpc) is 3.12. The standard InChI is InChI=1S/C32H36N2O2/c1-21(2)27-12-7-13-28(18-27)23(4)33-32(36)29-14-15-31-30(19-29)22(3)24(5)34(31)20-26-10-6-9-25(17-26)11-8-16-35/h6-7,9-10,12-19,21,23H,8,11,20H2,1-5H3,(H,33,36)/t23-/m0/s1. The van der Waals surface area contributed by atoms with Gasteiger partial charge in [-0.25, -0.2) is 0 Å².